The van der Waals surface area contributed by atoms with Gasteiger partial charge in [0.2, 0.25) is 0 Å². The van der Waals surface area contributed by atoms with Crippen molar-refractivity contribution >= 4 is 43.2 Å². The number of aryl methyl sites for hydroxylation is 1. The van der Waals surface area contributed by atoms with Crippen molar-refractivity contribution in [3.05, 3.63) is 88.4 Å². The van der Waals surface area contributed by atoms with Crippen LogP contribution in [-0.4, -0.2) is 14.3 Å². The van der Waals surface area contributed by atoms with Crippen molar-refractivity contribution in [2.75, 3.05) is 10.0 Å². The van der Waals surface area contributed by atoms with E-state index in [4.69, 9.17) is 0 Å². The van der Waals surface area contributed by atoms with E-state index in [-0.39, 0.29) is 10.8 Å². The molecular formula is C20H17BrN2O3S. The Balaban J connectivity index is 1.69. The van der Waals surface area contributed by atoms with Crippen LogP contribution in [0, 0.1) is 6.92 Å². The summed E-state index contributed by atoms with van der Waals surface area (Å²) in [5.74, 6) is -0.240. The molecule has 2 N–H and O–H groups in total. The summed E-state index contributed by atoms with van der Waals surface area (Å²) < 4.78 is 28.2. The lowest BCUT2D eigenvalue weighted by Gasteiger charge is -2.10. The van der Waals surface area contributed by atoms with Crippen molar-refractivity contribution in [1.82, 2.24) is 0 Å². The Morgan fingerprint density at radius 1 is 0.815 bits per heavy atom. The smallest absolute Gasteiger partial charge is 0.261 e. The topological polar surface area (TPSA) is 75.3 Å². The van der Waals surface area contributed by atoms with Gasteiger partial charge in [0.15, 0.2) is 0 Å². The minimum Gasteiger partial charge on any atom is -0.322 e. The van der Waals surface area contributed by atoms with Gasteiger partial charge in [0.05, 0.1) is 4.90 Å². The monoisotopic (exact) mass is 444 g/mol. The predicted molar refractivity (Wildman–Crippen MR) is 111 cm³/mol. The van der Waals surface area contributed by atoms with E-state index in [2.05, 4.69) is 26.0 Å². The third-order valence-electron chi connectivity index (χ3n) is 3.83. The van der Waals surface area contributed by atoms with Gasteiger partial charge in [0.1, 0.15) is 0 Å². The minimum atomic E-state index is -3.65. The van der Waals surface area contributed by atoms with Gasteiger partial charge < -0.3 is 5.32 Å². The summed E-state index contributed by atoms with van der Waals surface area (Å²) in [4.78, 5) is 12.4. The quantitative estimate of drug-likeness (QED) is 0.592. The molecule has 3 rings (SSSR count). The van der Waals surface area contributed by atoms with Gasteiger partial charge in [-0.3, -0.25) is 9.52 Å². The van der Waals surface area contributed by atoms with Gasteiger partial charge in [-0.1, -0.05) is 33.6 Å². The van der Waals surface area contributed by atoms with E-state index in [1.54, 1.807) is 72.8 Å². The van der Waals surface area contributed by atoms with Gasteiger partial charge in [0.25, 0.3) is 15.9 Å². The zero-order valence-electron chi connectivity index (χ0n) is 14.4. The predicted octanol–water partition coefficient (Wildman–Crippen LogP) is 4.81. The van der Waals surface area contributed by atoms with Crippen LogP contribution in [0.5, 0.6) is 0 Å². The van der Waals surface area contributed by atoms with Crippen LogP contribution in [0.2, 0.25) is 0 Å². The largest absolute Gasteiger partial charge is 0.322 e. The van der Waals surface area contributed by atoms with E-state index >= 15 is 0 Å². The van der Waals surface area contributed by atoms with E-state index in [0.717, 1.165) is 10.0 Å². The highest BCUT2D eigenvalue weighted by Crippen LogP contribution is 2.19. The van der Waals surface area contributed by atoms with Crippen LogP contribution in [0.4, 0.5) is 11.4 Å². The summed E-state index contributed by atoms with van der Waals surface area (Å²) in [5, 5.41) is 2.77. The number of amides is 1. The average molecular weight is 445 g/mol. The van der Waals surface area contributed by atoms with Crippen molar-refractivity contribution in [1.29, 1.82) is 0 Å². The van der Waals surface area contributed by atoms with Gasteiger partial charge in [-0.15, -0.1) is 0 Å². The molecule has 0 aromatic heterocycles. The molecule has 0 saturated carbocycles. The zero-order valence-corrected chi connectivity index (χ0v) is 16.8. The van der Waals surface area contributed by atoms with Gasteiger partial charge in [-0.2, -0.15) is 0 Å². The van der Waals surface area contributed by atoms with Crippen LogP contribution in [0.25, 0.3) is 0 Å². The SMILES string of the molecule is Cc1ccc(S(=O)(=O)Nc2ccc(NC(=O)c3ccc(Br)cc3)cc2)cc1. The van der Waals surface area contributed by atoms with Crippen LogP contribution in [0.1, 0.15) is 15.9 Å². The van der Waals surface area contributed by atoms with Crippen molar-refractivity contribution in [2.24, 2.45) is 0 Å². The second-order valence-electron chi connectivity index (χ2n) is 5.96. The number of carbonyl (C=O) groups excluding carboxylic acids is 1. The summed E-state index contributed by atoms with van der Waals surface area (Å²) in [5.41, 5.74) is 2.50. The van der Waals surface area contributed by atoms with Crippen molar-refractivity contribution in [3.63, 3.8) is 0 Å². The van der Waals surface area contributed by atoms with Crippen LogP contribution in [0.15, 0.2) is 82.2 Å². The van der Waals surface area contributed by atoms with Crippen molar-refractivity contribution < 1.29 is 13.2 Å². The molecule has 0 bridgehead atoms. The highest BCUT2D eigenvalue weighted by Gasteiger charge is 2.14. The highest BCUT2D eigenvalue weighted by molar-refractivity contribution is 9.10. The fraction of sp³-hybridized carbons (Fsp3) is 0.0500. The Kier molecular flexibility index (Phi) is 5.62. The lowest BCUT2D eigenvalue weighted by molar-refractivity contribution is 0.102. The number of sulfonamides is 1. The number of rotatable bonds is 5. The Morgan fingerprint density at radius 2 is 1.37 bits per heavy atom. The number of benzene rings is 3. The molecule has 0 aliphatic heterocycles. The second-order valence-corrected chi connectivity index (χ2v) is 8.55. The first-order valence-corrected chi connectivity index (χ1v) is 10.4. The molecule has 0 spiro atoms. The fourth-order valence-corrected chi connectivity index (χ4v) is 3.68. The molecule has 0 heterocycles. The van der Waals surface area contributed by atoms with E-state index in [1.807, 2.05) is 6.92 Å². The Bertz CT molecular complexity index is 1050. The number of nitrogens with one attached hydrogen (secondary N) is 2. The maximum atomic E-state index is 12.4. The molecule has 0 saturated heterocycles. The Morgan fingerprint density at radius 3 is 1.96 bits per heavy atom. The summed E-state index contributed by atoms with van der Waals surface area (Å²) in [7, 11) is -3.65. The molecule has 0 unspecified atom stereocenters. The molecule has 7 heteroatoms. The number of anilines is 2. The van der Waals surface area contributed by atoms with Gasteiger partial charge in [-0.25, -0.2) is 8.42 Å². The van der Waals surface area contributed by atoms with Gasteiger partial charge >= 0.3 is 0 Å². The maximum absolute atomic E-state index is 12.4. The summed E-state index contributed by atoms with van der Waals surface area (Å²) in [6.07, 6.45) is 0. The van der Waals surface area contributed by atoms with Crippen LogP contribution in [0.3, 0.4) is 0 Å². The molecule has 0 atom stereocenters. The third-order valence-corrected chi connectivity index (χ3v) is 5.76. The third kappa shape index (κ3) is 4.96. The number of hydrogen-bond acceptors (Lipinski definition) is 3. The van der Waals surface area contributed by atoms with Crippen molar-refractivity contribution in [2.45, 2.75) is 11.8 Å². The summed E-state index contributed by atoms with van der Waals surface area (Å²) in [6.45, 7) is 1.89. The molecule has 0 fully saturated rings. The number of halogens is 1. The van der Waals surface area contributed by atoms with Crippen LogP contribution < -0.4 is 10.0 Å². The van der Waals surface area contributed by atoms with Gasteiger partial charge in [-0.05, 0) is 67.6 Å². The first-order chi connectivity index (χ1) is 12.8. The molecule has 5 nitrogen and oxygen atoms in total. The molecule has 0 aliphatic carbocycles. The zero-order chi connectivity index (χ0) is 19.4. The molecule has 138 valence electrons. The van der Waals surface area contributed by atoms with E-state index in [0.29, 0.717) is 16.9 Å². The second kappa shape index (κ2) is 7.94. The highest BCUT2D eigenvalue weighted by atomic mass is 79.9. The van der Waals surface area contributed by atoms with E-state index < -0.39 is 10.0 Å². The first kappa shape index (κ1) is 19.1. The average Bonchev–Trinajstić information content (AvgIpc) is 2.64. The molecule has 1 amide bonds. The van der Waals surface area contributed by atoms with Crippen molar-refractivity contribution in [3.8, 4) is 0 Å². The molecule has 27 heavy (non-hydrogen) atoms. The van der Waals surface area contributed by atoms with E-state index in [9.17, 15) is 13.2 Å². The Hall–Kier alpha value is -2.64. The standard InChI is InChI=1S/C20H17BrN2O3S/c1-14-2-12-19(13-3-14)27(25,26)23-18-10-8-17(9-11-18)22-20(24)15-4-6-16(21)7-5-15/h2-13,23H,1H3,(H,22,24). The molecule has 3 aromatic carbocycles. The fourth-order valence-electron chi connectivity index (χ4n) is 2.36. The van der Waals surface area contributed by atoms with E-state index in [1.165, 1.54) is 0 Å². The minimum absolute atomic E-state index is 0.195. The molecule has 0 aliphatic rings. The lowest BCUT2D eigenvalue weighted by Crippen LogP contribution is -2.13. The first-order valence-electron chi connectivity index (χ1n) is 8.10. The molecule has 0 radical (unpaired) electrons. The number of hydrogen-bond donors (Lipinski definition) is 2. The summed E-state index contributed by atoms with van der Waals surface area (Å²) >= 11 is 3.33. The lowest BCUT2D eigenvalue weighted by atomic mass is 10.2. The molecule has 3 aromatic rings. The van der Waals surface area contributed by atoms with Crippen LogP contribution in [-0.2, 0) is 10.0 Å². The normalized spacial score (nSPS) is 11.0. The summed E-state index contributed by atoms with van der Waals surface area (Å²) in [6, 6.07) is 20.1. The molecular weight excluding hydrogens is 428 g/mol. The maximum Gasteiger partial charge on any atom is 0.261 e. The van der Waals surface area contributed by atoms with Crippen LogP contribution >= 0.6 is 15.9 Å². The number of carbonyl (C=O) groups is 1. The Labute approximate surface area is 166 Å². The van der Waals surface area contributed by atoms with Gasteiger partial charge in [0, 0.05) is 21.4 Å².